The molecule has 0 spiro atoms. The quantitative estimate of drug-likeness (QED) is 0.185. The second-order valence-electron chi connectivity index (χ2n) is 9.91. The summed E-state index contributed by atoms with van der Waals surface area (Å²) in [6, 6.07) is 25.2. The summed E-state index contributed by atoms with van der Waals surface area (Å²) < 4.78 is 13.5. The molecule has 2 aromatic heterocycles. The van der Waals surface area contributed by atoms with Crippen LogP contribution in [0, 0.1) is 10.1 Å². The summed E-state index contributed by atoms with van der Waals surface area (Å²) in [7, 11) is 0. The van der Waals surface area contributed by atoms with E-state index in [2.05, 4.69) is 10.3 Å². The number of carbonyl (C=O) groups is 1. The summed E-state index contributed by atoms with van der Waals surface area (Å²) in [5.41, 5.74) is 2.54. The van der Waals surface area contributed by atoms with Crippen molar-refractivity contribution in [2.24, 2.45) is 4.99 Å². The average Bonchev–Trinajstić information content (AvgIpc) is 3.61. The zero-order valence-corrected chi connectivity index (χ0v) is 24.5. The Kier molecular flexibility index (Phi) is 7.78. The number of hydrogen-bond acceptors (Lipinski definition) is 8. The topological polar surface area (TPSA) is 129 Å². The SMILES string of the molecule is CCOc1ccc([C@@H]2C(C(=O)Nc3ccccc3)=C(C)N=c3s/c(=C\c4ccc(-c5ccc([N+](=O)[O-])cc5)o4)c(=O)n32)cc1. The molecular weight excluding hydrogens is 580 g/mol. The van der Waals surface area contributed by atoms with Crippen LogP contribution >= 0.6 is 11.3 Å². The number of nitro benzene ring substituents is 1. The summed E-state index contributed by atoms with van der Waals surface area (Å²) in [4.78, 5) is 43.4. The van der Waals surface area contributed by atoms with Crippen molar-refractivity contribution in [1.29, 1.82) is 0 Å². The highest BCUT2D eigenvalue weighted by Crippen LogP contribution is 2.32. The lowest BCUT2D eigenvalue weighted by Gasteiger charge is -2.25. The van der Waals surface area contributed by atoms with Gasteiger partial charge in [0, 0.05) is 29.5 Å². The highest BCUT2D eigenvalue weighted by Gasteiger charge is 2.32. The molecule has 6 rings (SSSR count). The average molecular weight is 607 g/mol. The van der Waals surface area contributed by atoms with E-state index in [-0.39, 0.29) is 17.2 Å². The predicted molar refractivity (Wildman–Crippen MR) is 167 cm³/mol. The first-order valence-corrected chi connectivity index (χ1v) is 14.6. The summed E-state index contributed by atoms with van der Waals surface area (Å²) >= 11 is 1.20. The fourth-order valence-electron chi connectivity index (χ4n) is 5.02. The summed E-state index contributed by atoms with van der Waals surface area (Å²) in [6.07, 6.45) is 1.64. The molecule has 1 N–H and O–H groups in total. The van der Waals surface area contributed by atoms with Gasteiger partial charge >= 0.3 is 0 Å². The van der Waals surface area contributed by atoms with Crippen molar-refractivity contribution in [2.75, 3.05) is 11.9 Å². The molecule has 1 aliphatic rings. The Morgan fingerprint density at radius 2 is 1.80 bits per heavy atom. The third-order valence-electron chi connectivity index (χ3n) is 7.07. The molecule has 11 heteroatoms. The maximum absolute atomic E-state index is 14.0. The maximum Gasteiger partial charge on any atom is 0.271 e. The number of rotatable bonds is 8. The number of allylic oxidation sites excluding steroid dienone is 1. The zero-order chi connectivity index (χ0) is 30.8. The number of carbonyl (C=O) groups excluding carboxylic acids is 1. The van der Waals surface area contributed by atoms with Crippen LogP contribution in [0.1, 0.15) is 31.2 Å². The number of aromatic nitrogens is 1. The number of nitro groups is 1. The Hall–Kier alpha value is -5.55. The fraction of sp³-hybridized carbons (Fsp3) is 0.121. The largest absolute Gasteiger partial charge is 0.494 e. The van der Waals surface area contributed by atoms with Crippen LogP contribution in [0.4, 0.5) is 11.4 Å². The molecule has 0 saturated heterocycles. The van der Waals surface area contributed by atoms with E-state index in [1.54, 1.807) is 54.0 Å². The van der Waals surface area contributed by atoms with E-state index in [1.807, 2.05) is 49.4 Å². The number of nitrogens with zero attached hydrogens (tertiary/aromatic N) is 3. The van der Waals surface area contributed by atoms with Gasteiger partial charge in [-0.1, -0.05) is 41.7 Å². The van der Waals surface area contributed by atoms with Gasteiger partial charge in [0.2, 0.25) is 0 Å². The van der Waals surface area contributed by atoms with Gasteiger partial charge in [0.1, 0.15) is 17.3 Å². The minimum atomic E-state index is -0.736. The first-order valence-electron chi connectivity index (χ1n) is 13.8. The van der Waals surface area contributed by atoms with Crippen LogP contribution in [0.15, 0.2) is 116 Å². The molecule has 0 aliphatic carbocycles. The Labute approximate surface area is 255 Å². The van der Waals surface area contributed by atoms with Gasteiger partial charge in [-0.25, -0.2) is 4.99 Å². The van der Waals surface area contributed by atoms with Crippen molar-refractivity contribution in [2.45, 2.75) is 19.9 Å². The van der Waals surface area contributed by atoms with Crippen molar-refractivity contribution >= 4 is 34.7 Å². The second kappa shape index (κ2) is 12.0. The van der Waals surface area contributed by atoms with E-state index < -0.39 is 11.0 Å². The number of amides is 1. The number of para-hydroxylation sites is 1. The van der Waals surface area contributed by atoms with Gasteiger partial charge in [0.05, 0.1) is 33.4 Å². The van der Waals surface area contributed by atoms with Crippen molar-refractivity contribution in [3.63, 3.8) is 0 Å². The van der Waals surface area contributed by atoms with Gasteiger partial charge in [0.15, 0.2) is 4.80 Å². The van der Waals surface area contributed by atoms with Crippen LogP contribution in [-0.4, -0.2) is 22.0 Å². The van der Waals surface area contributed by atoms with Crippen LogP contribution in [0.5, 0.6) is 5.75 Å². The Bertz CT molecular complexity index is 2070. The Morgan fingerprint density at radius 1 is 1.07 bits per heavy atom. The molecule has 44 heavy (non-hydrogen) atoms. The van der Waals surface area contributed by atoms with Gasteiger partial charge in [0.25, 0.3) is 17.2 Å². The molecule has 0 saturated carbocycles. The number of non-ortho nitro benzene ring substituents is 1. The number of furan rings is 1. The van der Waals surface area contributed by atoms with E-state index in [4.69, 9.17) is 9.15 Å². The zero-order valence-electron chi connectivity index (χ0n) is 23.7. The van der Waals surface area contributed by atoms with Gasteiger partial charge in [-0.3, -0.25) is 24.3 Å². The van der Waals surface area contributed by atoms with Gasteiger partial charge < -0.3 is 14.5 Å². The van der Waals surface area contributed by atoms with Crippen molar-refractivity contribution in [1.82, 2.24) is 4.57 Å². The molecule has 10 nitrogen and oxygen atoms in total. The number of hydrogen-bond donors (Lipinski definition) is 1. The van der Waals surface area contributed by atoms with Gasteiger partial charge in [-0.2, -0.15) is 0 Å². The fourth-order valence-corrected chi connectivity index (χ4v) is 6.05. The van der Waals surface area contributed by atoms with Crippen molar-refractivity contribution < 1.29 is 18.9 Å². The minimum Gasteiger partial charge on any atom is -0.494 e. The minimum absolute atomic E-state index is 0.0177. The van der Waals surface area contributed by atoms with E-state index in [1.165, 1.54) is 23.5 Å². The Morgan fingerprint density at radius 3 is 2.48 bits per heavy atom. The standard InChI is InChI=1S/C33H26N4O6S/c1-3-42-25-15-11-22(12-16-25)30-29(31(38)35-23-7-5-4-6-8-23)20(2)34-33-36(30)32(39)28(44-33)19-26-17-18-27(43-26)21-9-13-24(14-10-21)37(40)41/h4-19,30H,3H2,1-2H3,(H,35,38)/b28-19-/t30-/m1/s1. The van der Waals surface area contributed by atoms with Crippen molar-refractivity contribution in [3.05, 3.63) is 143 Å². The first kappa shape index (κ1) is 28.6. The molecule has 1 atom stereocenters. The molecule has 3 heterocycles. The lowest BCUT2D eigenvalue weighted by molar-refractivity contribution is -0.384. The second-order valence-corrected chi connectivity index (χ2v) is 10.9. The number of benzene rings is 3. The molecule has 1 aliphatic heterocycles. The molecule has 0 radical (unpaired) electrons. The van der Waals surface area contributed by atoms with Crippen LogP contribution in [0.3, 0.4) is 0 Å². The highest BCUT2D eigenvalue weighted by molar-refractivity contribution is 7.07. The van der Waals surface area contributed by atoms with Gasteiger partial charge in [-0.15, -0.1) is 0 Å². The van der Waals surface area contributed by atoms with E-state index in [9.17, 15) is 19.7 Å². The third-order valence-corrected chi connectivity index (χ3v) is 8.05. The molecule has 5 aromatic rings. The van der Waals surface area contributed by atoms with Crippen LogP contribution in [0.25, 0.3) is 17.4 Å². The van der Waals surface area contributed by atoms with Gasteiger partial charge in [-0.05, 0) is 67.9 Å². The summed E-state index contributed by atoms with van der Waals surface area (Å²) in [6.45, 7) is 4.18. The molecular formula is C33H26N4O6S. The van der Waals surface area contributed by atoms with Crippen molar-refractivity contribution in [3.8, 4) is 17.1 Å². The molecule has 1 amide bonds. The molecule has 0 fully saturated rings. The van der Waals surface area contributed by atoms with Crippen LogP contribution < -0.4 is 24.9 Å². The van der Waals surface area contributed by atoms with E-state index >= 15 is 0 Å². The lowest BCUT2D eigenvalue weighted by Crippen LogP contribution is -2.40. The Balaban J connectivity index is 1.41. The molecule has 220 valence electrons. The highest BCUT2D eigenvalue weighted by atomic mass is 32.1. The van der Waals surface area contributed by atoms with E-state index in [0.29, 0.717) is 55.7 Å². The van der Waals surface area contributed by atoms with E-state index in [0.717, 1.165) is 5.56 Å². The number of fused-ring (bicyclic) bond motifs is 1. The maximum atomic E-state index is 14.0. The number of ether oxygens (including phenoxy) is 1. The number of nitrogens with one attached hydrogen (secondary N) is 1. The van der Waals surface area contributed by atoms with Crippen LogP contribution in [-0.2, 0) is 4.79 Å². The smallest absolute Gasteiger partial charge is 0.271 e. The number of anilines is 1. The first-order chi connectivity index (χ1) is 21.3. The summed E-state index contributed by atoms with van der Waals surface area (Å²) in [5.74, 6) is 1.26. The lowest BCUT2D eigenvalue weighted by atomic mass is 9.95. The summed E-state index contributed by atoms with van der Waals surface area (Å²) in [5, 5.41) is 13.9. The number of thiazole rings is 1. The normalized spacial score (nSPS) is 14.6. The molecule has 3 aromatic carbocycles. The van der Waals surface area contributed by atoms with Crippen LogP contribution in [0.2, 0.25) is 0 Å². The predicted octanol–water partition coefficient (Wildman–Crippen LogP) is 5.44. The molecule has 0 unspecified atom stereocenters. The third kappa shape index (κ3) is 5.60. The monoisotopic (exact) mass is 606 g/mol. The molecule has 0 bridgehead atoms.